The van der Waals surface area contributed by atoms with Gasteiger partial charge in [0.2, 0.25) is 11.8 Å². The summed E-state index contributed by atoms with van der Waals surface area (Å²) in [7, 11) is 0. The fourth-order valence-electron chi connectivity index (χ4n) is 4.92. The van der Waals surface area contributed by atoms with Crippen molar-refractivity contribution in [2.24, 2.45) is 17.4 Å². The SMILES string of the molecule is Cc1cc(O)cc(C)c1CC(N)C(O)C/C=C/C(O)C(Cc1ccccc1)C(=O)NC(Cc1ccccc1)C(N)=O. The number of aromatic hydroxyl groups is 1. The van der Waals surface area contributed by atoms with Crippen molar-refractivity contribution in [3.8, 4) is 5.75 Å². The number of amides is 2. The largest absolute Gasteiger partial charge is 0.508 e. The van der Waals surface area contributed by atoms with E-state index in [9.17, 15) is 24.9 Å². The van der Waals surface area contributed by atoms with Crippen molar-refractivity contribution >= 4 is 11.8 Å². The van der Waals surface area contributed by atoms with Crippen LogP contribution in [0.3, 0.4) is 0 Å². The van der Waals surface area contributed by atoms with Gasteiger partial charge in [-0.2, -0.15) is 0 Å². The Balaban J connectivity index is 1.69. The number of nitrogens with two attached hydrogens (primary N) is 2. The molecule has 3 rings (SSSR count). The number of benzene rings is 3. The maximum atomic E-state index is 13.4. The van der Waals surface area contributed by atoms with Gasteiger partial charge in [-0.25, -0.2) is 0 Å². The van der Waals surface area contributed by atoms with Gasteiger partial charge in [0.05, 0.1) is 18.1 Å². The average Bonchev–Trinajstić information content (AvgIpc) is 2.94. The summed E-state index contributed by atoms with van der Waals surface area (Å²) in [5.41, 5.74) is 16.3. The van der Waals surface area contributed by atoms with E-state index in [4.69, 9.17) is 11.5 Å². The first-order valence-corrected chi connectivity index (χ1v) is 13.8. The van der Waals surface area contributed by atoms with Crippen molar-refractivity contribution in [2.75, 3.05) is 0 Å². The number of phenolic OH excluding ortho intramolecular Hbond substituents is 1. The second-order valence-corrected chi connectivity index (χ2v) is 10.6. The van der Waals surface area contributed by atoms with Crippen molar-refractivity contribution < 1.29 is 24.9 Å². The third-order valence-electron chi connectivity index (χ3n) is 7.32. The maximum Gasteiger partial charge on any atom is 0.240 e. The number of hydrogen-bond donors (Lipinski definition) is 6. The number of primary amides is 1. The molecule has 0 aromatic heterocycles. The van der Waals surface area contributed by atoms with Crippen molar-refractivity contribution in [3.05, 3.63) is 113 Å². The molecule has 218 valence electrons. The van der Waals surface area contributed by atoms with Gasteiger partial charge in [-0.05, 0) is 73.1 Å². The Labute approximate surface area is 241 Å². The van der Waals surface area contributed by atoms with E-state index in [-0.39, 0.29) is 25.0 Å². The molecule has 41 heavy (non-hydrogen) atoms. The number of hydrogen-bond acceptors (Lipinski definition) is 6. The van der Waals surface area contributed by atoms with E-state index >= 15 is 0 Å². The minimum absolute atomic E-state index is 0.173. The van der Waals surface area contributed by atoms with Crippen LogP contribution in [0.25, 0.3) is 0 Å². The zero-order chi connectivity index (χ0) is 29.9. The van der Waals surface area contributed by atoms with E-state index in [0.717, 1.165) is 27.8 Å². The molecule has 5 unspecified atom stereocenters. The Bertz CT molecular complexity index is 1290. The first-order valence-electron chi connectivity index (χ1n) is 13.8. The van der Waals surface area contributed by atoms with Gasteiger partial charge in [0.15, 0.2) is 0 Å². The standard InChI is InChI=1S/C33H41N3O5/c1-21-16-25(37)17-22(2)26(21)20-28(34)31(39)15-9-14-30(38)27(18-23-10-5-3-6-11-23)33(41)36-29(32(35)40)19-24-12-7-4-8-13-24/h3-14,16-17,27-31,37-39H,15,18-20,34H2,1-2H3,(H2,35,40)(H,36,41)/b14-9+. The van der Waals surface area contributed by atoms with E-state index in [0.29, 0.717) is 6.42 Å². The lowest BCUT2D eigenvalue weighted by Crippen LogP contribution is -2.50. The fourth-order valence-corrected chi connectivity index (χ4v) is 4.92. The second-order valence-electron chi connectivity index (χ2n) is 10.6. The molecule has 0 heterocycles. The van der Waals surface area contributed by atoms with Gasteiger partial charge in [0.1, 0.15) is 11.8 Å². The molecule has 0 aliphatic carbocycles. The van der Waals surface area contributed by atoms with Crippen LogP contribution >= 0.6 is 0 Å². The fraction of sp³-hybridized carbons (Fsp3) is 0.333. The maximum absolute atomic E-state index is 13.4. The van der Waals surface area contributed by atoms with Crippen molar-refractivity contribution in [1.29, 1.82) is 0 Å². The predicted octanol–water partition coefficient (Wildman–Crippen LogP) is 2.62. The second kappa shape index (κ2) is 15.1. The number of phenols is 1. The highest BCUT2D eigenvalue weighted by atomic mass is 16.3. The minimum Gasteiger partial charge on any atom is -0.508 e. The lowest BCUT2D eigenvalue weighted by Gasteiger charge is -2.24. The molecule has 3 aromatic carbocycles. The Hall–Kier alpha value is -3.98. The van der Waals surface area contributed by atoms with Crippen molar-refractivity contribution in [3.63, 3.8) is 0 Å². The zero-order valence-electron chi connectivity index (χ0n) is 23.6. The van der Waals surface area contributed by atoms with Gasteiger partial charge < -0.3 is 32.1 Å². The van der Waals surface area contributed by atoms with Crippen LogP contribution in [-0.2, 0) is 28.9 Å². The van der Waals surface area contributed by atoms with Crippen LogP contribution in [0, 0.1) is 19.8 Å². The lowest BCUT2D eigenvalue weighted by molar-refractivity contribution is -0.131. The summed E-state index contributed by atoms with van der Waals surface area (Å²) >= 11 is 0. The van der Waals surface area contributed by atoms with Gasteiger partial charge >= 0.3 is 0 Å². The Morgan fingerprint density at radius 2 is 1.41 bits per heavy atom. The predicted molar refractivity (Wildman–Crippen MR) is 160 cm³/mol. The van der Waals surface area contributed by atoms with Gasteiger partial charge in [0.25, 0.3) is 0 Å². The third kappa shape index (κ3) is 9.56. The Morgan fingerprint density at radius 3 is 1.95 bits per heavy atom. The summed E-state index contributed by atoms with van der Waals surface area (Å²) < 4.78 is 0. The topological polar surface area (TPSA) is 159 Å². The summed E-state index contributed by atoms with van der Waals surface area (Å²) in [5, 5.41) is 34.3. The van der Waals surface area contributed by atoms with Gasteiger partial charge in [-0.3, -0.25) is 9.59 Å². The van der Waals surface area contributed by atoms with E-state index < -0.39 is 42.0 Å². The number of rotatable bonds is 14. The molecule has 0 aliphatic rings. The zero-order valence-corrected chi connectivity index (χ0v) is 23.6. The van der Waals surface area contributed by atoms with Crippen molar-refractivity contribution in [1.82, 2.24) is 5.32 Å². The summed E-state index contributed by atoms with van der Waals surface area (Å²) in [5.74, 6) is -1.88. The van der Waals surface area contributed by atoms with Crippen LogP contribution < -0.4 is 16.8 Å². The monoisotopic (exact) mass is 559 g/mol. The molecule has 0 saturated heterocycles. The Kier molecular flexibility index (Phi) is 11.6. The first-order chi connectivity index (χ1) is 19.5. The molecule has 0 fully saturated rings. The van der Waals surface area contributed by atoms with Crippen LogP contribution in [0.1, 0.15) is 34.2 Å². The molecular formula is C33H41N3O5. The van der Waals surface area contributed by atoms with Crippen molar-refractivity contribution in [2.45, 2.75) is 63.8 Å². The molecule has 0 saturated carbocycles. The molecule has 0 bridgehead atoms. The third-order valence-corrected chi connectivity index (χ3v) is 7.32. The molecule has 3 aromatic rings. The van der Waals surface area contributed by atoms with Crippen LogP contribution in [0.2, 0.25) is 0 Å². The van der Waals surface area contributed by atoms with Gasteiger partial charge in [0, 0.05) is 12.5 Å². The highest BCUT2D eigenvalue weighted by Crippen LogP contribution is 2.23. The summed E-state index contributed by atoms with van der Waals surface area (Å²) in [6.45, 7) is 3.77. The quantitative estimate of drug-likeness (QED) is 0.167. The average molecular weight is 560 g/mol. The molecule has 0 radical (unpaired) electrons. The molecule has 2 amide bonds. The molecule has 0 aliphatic heterocycles. The van der Waals surface area contributed by atoms with Crippen LogP contribution in [0.15, 0.2) is 84.9 Å². The molecule has 8 N–H and O–H groups in total. The molecule has 8 heteroatoms. The number of carbonyl (C=O) groups excluding carboxylic acids is 2. The smallest absolute Gasteiger partial charge is 0.240 e. The van der Waals surface area contributed by atoms with Gasteiger partial charge in [-0.15, -0.1) is 0 Å². The number of carbonyl (C=O) groups is 2. The molecule has 5 atom stereocenters. The Morgan fingerprint density at radius 1 is 0.878 bits per heavy atom. The van der Waals surface area contributed by atoms with Crippen LogP contribution in [0.5, 0.6) is 5.75 Å². The van der Waals surface area contributed by atoms with Crippen LogP contribution in [0.4, 0.5) is 0 Å². The van der Waals surface area contributed by atoms with Gasteiger partial charge in [-0.1, -0.05) is 72.8 Å². The van der Waals surface area contributed by atoms with Crippen LogP contribution in [-0.4, -0.2) is 51.4 Å². The summed E-state index contributed by atoms with van der Waals surface area (Å²) in [6, 6.07) is 20.4. The highest BCUT2D eigenvalue weighted by Gasteiger charge is 2.29. The summed E-state index contributed by atoms with van der Waals surface area (Å²) in [6.07, 6.45) is 2.08. The first kappa shape index (κ1) is 31.5. The number of aliphatic hydroxyl groups is 2. The highest BCUT2D eigenvalue weighted by molar-refractivity contribution is 5.88. The normalized spacial score (nSPS) is 15.1. The molecule has 8 nitrogen and oxygen atoms in total. The van der Waals surface area contributed by atoms with E-state index in [1.54, 1.807) is 18.2 Å². The van der Waals surface area contributed by atoms with E-state index in [1.807, 2.05) is 74.5 Å². The number of nitrogens with one attached hydrogen (secondary N) is 1. The van der Waals surface area contributed by atoms with E-state index in [2.05, 4.69) is 5.32 Å². The lowest BCUT2D eigenvalue weighted by atomic mass is 9.91. The van der Waals surface area contributed by atoms with E-state index in [1.165, 1.54) is 6.08 Å². The molecular weight excluding hydrogens is 518 g/mol. The number of aliphatic hydroxyl groups excluding tert-OH is 2. The molecule has 0 spiro atoms. The summed E-state index contributed by atoms with van der Waals surface area (Å²) in [4.78, 5) is 25.6. The minimum atomic E-state index is -1.19. The number of aryl methyl sites for hydroxylation is 2.